The van der Waals surface area contributed by atoms with Gasteiger partial charge in [-0.1, -0.05) is 0 Å². The Morgan fingerprint density at radius 3 is 2.58 bits per heavy atom. The van der Waals surface area contributed by atoms with Crippen LogP contribution in [0.4, 0.5) is 4.79 Å². The second-order valence-electron chi connectivity index (χ2n) is 2.47. The fourth-order valence-corrected chi connectivity index (χ4v) is 1.10. The average molecular weight is 170 g/mol. The molecule has 1 aliphatic heterocycles. The van der Waals surface area contributed by atoms with Crippen molar-refractivity contribution in [2.45, 2.75) is 6.92 Å². The number of urea groups is 1. The van der Waals surface area contributed by atoms with Gasteiger partial charge in [-0.25, -0.2) is 4.79 Å². The Kier molecular flexibility index (Phi) is 2.42. The van der Waals surface area contributed by atoms with Crippen molar-refractivity contribution in [3.63, 3.8) is 0 Å². The van der Waals surface area contributed by atoms with E-state index in [0.29, 0.717) is 12.8 Å². The largest absolute Gasteiger partial charge is 0.327 e. The zero-order valence-corrected chi connectivity index (χ0v) is 6.82. The molecule has 5 heteroatoms. The minimum atomic E-state index is -0.366. The molecule has 1 aliphatic rings. The number of carbonyl (C=O) groups is 3. The van der Waals surface area contributed by atoms with Crippen LogP contribution in [0.1, 0.15) is 6.92 Å². The Labute approximate surface area is 69.9 Å². The van der Waals surface area contributed by atoms with Gasteiger partial charge in [0.1, 0.15) is 12.8 Å². The first-order valence-corrected chi connectivity index (χ1v) is 3.73. The Morgan fingerprint density at radius 2 is 2.17 bits per heavy atom. The SMILES string of the molecule is CCN1CC(=O)N(CC=O)C1=O. The normalized spacial score (nSPS) is 17.4. The molecular weight excluding hydrogens is 160 g/mol. The molecule has 0 aromatic carbocycles. The minimum Gasteiger partial charge on any atom is -0.315 e. The molecule has 0 atom stereocenters. The topological polar surface area (TPSA) is 57.7 Å². The maximum absolute atomic E-state index is 11.2. The van der Waals surface area contributed by atoms with Crippen molar-refractivity contribution < 1.29 is 14.4 Å². The third-order valence-corrected chi connectivity index (χ3v) is 1.77. The average Bonchev–Trinajstić information content (AvgIpc) is 2.32. The van der Waals surface area contributed by atoms with Crippen molar-refractivity contribution in [1.29, 1.82) is 0 Å². The van der Waals surface area contributed by atoms with E-state index in [1.807, 2.05) is 0 Å². The summed E-state index contributed by atoms with van der Waals surface area (Å²) in [7, 11) is 0. The molecule has 5 nitrogen and oxygen atoms in total. The van der Waals surface area contributed by atoms with Gasteiger partial charge in [-0.05, 0) is 6.92 Å². The van der Waals surface area contributed by atoms with E-state index in [0.717, 1.165) is 4.90 Å². The summed E-state index contributed by atoms with van der Waals surface area (Å²) in [5.41, 5.74) is 0. The number of hydrogen-bond donors (Lipinski definition) is 0. The molecule has 66 valence electrons. The number of carbonyl (C=O) groups excluding carboxylic acids is 3. The van der Waals surface area contributed by atoms with Gasteiger partial charge >= 0.3 is 6.03 Å². The molecule has 1 rings (SSSR count). The molecule has 0 N–H and O–H groups in total. The molecule has 0 radical (unpaired) electrons. The van der Waals surface area contributed by atoms with E-state index in [1.54, 1.807) is 6.92 Å². The number of imide groups is 1. The molecule has 3 amide bonds. The van der Waals surface area contributed by atoms with Crippen LogP contribution in [0.15, 0.2) is 0 Å². The van der Waals surface area contributed by atoms with Gasteiger partial charge < -0.3 is 9.69 Å². The van der Waals surface area contributed by atoms with E-state index in [9.17, 15) is 14.4 Å². The number of aldehydes is 1. The Bertz CT molecular complexity index is 227. The molecule has 0 aromatic rings. The molecule has 1 saturated heterocycles. The molecule has 1 heterocycles. The summed E-state index contributed by atoms with van der Waals surface area (Å²) < 4.78 is 0. The predicted octanol–water partition coefficient (Wildman–Crippen LogP) is -0.531. The molecule has 1 fully saturated rings. The molecule has 0 unspecified atom stereocenters. The van der Waals surface area contributed by atoms with Crippen molar-refractivity contribution in [1.82, 2.24) is 9.80 Å². The smallest absolute Gasteiger partial charge is 0.315 e. The first-order valence-electron chi connectivity index (χ1n) is 3.73. The first-order chi connectivity index (χ1) is 5.70. The van der Waals surface area contributed by atoms with E-state index in [-0.39, 0.29) is 25.0 Å². The quantitative estimate of drug-likeness (QED) is 0.422. The van der Waals surface area contributed by atoms with Gasteiger partial charge in [0.25, 0.3) is 5.91 Å². The molecule has 12 heavy (non-hydrogen) atoms. The van der Waals surface area contributed by atoms with Crippen LogP contribution < -0.4 is 0 Å². The molecule has 0 aromatic heterocycles. The van der Waals surface area contributed by atoms with E-state index in [1.165, 1.54) is 4.90 Å². The summed E-state index contributed by atoms with van der Waals surface area (Å²) in [5, 5.41) is 0. The fourth-order valence-electron chi connectivity index (χ4n) is 1.10. The van der Waals surface area contributed by atoms with Crippen molar-refractivity contribution in [2.75, 3.05) is 19.6 Å². The summed E-state index contributed by atoms with van der Waals surface area (Å²) in [5.74, 6) is -0.297. The monoisotopic (exact) mass is 170 g/mol. The summed E-state index contributed by atoms with van der Waals surface area (Å²) in [6.07, 6.45) is 0.551. The van der Waals surface area contributed by atoms with Crippen LogP contribution in [-0.4, -0.2) is 47.7 Å². The lowest BCUT2D eigenvalue weighted by atomic mass is 10.5. The van der Waals surface area contributed by atoms with Gasteiger partial charge in [0.2, 0.25) is 0 Å². The molecule has 0 spiro atoms. The van der Waals surface area contributed by atoms with Crippen LogP contribution in [-0.2, 0) is 9.59 Å². The third-order valence-electron chi connectivity index (χ3n) is 1.77. The van der Waals surface area contributed by atoms with Crippen LogP contribution in [0.2, 0.25) is 0 Å². The van der Waals surface area contributed by atoms with E-state index in [4.69, 9.17) is 0 Å². The predicted molar refractivity (Wildman–Crippen MR) is 40.4 cm³/mol. The number of amides is 3. The molecule has 0 bridgehead atoms. The van der Waals surface area contributed by atoms with Gasteiger partial charge in [0.15, 0.2) is 0 Å². The van der Waals surface area contributed by atoms with Crippen molar-refractivity contribution in [2.24, 2.45) is 0 Å². The third kappa shape index (κ3) is 1.30. The first kappa shape index (κ1) is 8.70. The highest BCUT2D eigenvalue weighted by atomic mass is 16.2. The number of nitrogens with zero attached hydrogens (tertiary/aromatic N) is 2. The molecule has 0 saturated carbocycles. The lowest BCUT2D eigenvalue weighted by molar-refractivity contribution is -0.127. The highest BCUT2D eigenvalue weighted by Crippen LogP contribution is 2.07. The van der Waals surface area contributed by atoms with Crippen molar-refractivity contribution >= 4 is 18.2 Å². The summed E-state index contributed by atoms with van der Waals surface area (Å²) in [4.78, 5) is 34.7. The minimum absolute atomic E-state index is 0.100. The van der Waals surface area contributed by atoms with Gasteiger partial charge in [-0.15, -0.1) is 0 Å². The van der Waals surface area contributed by atoms with Gasteiger partial charge in [0.05, 0.1) is 6.54 Å². The highest BCUT2D eigenvalue weighted by Gasteiger charge is 2.34. The second kappa shape index (κ2) is 3.34. The van der Waals surface area contributed by atoms with Crippen LogP contribution in [0.5, 0.6) is 0 Å². The maximum atomic E-state index is 11.2. The number of rotatable bonds is 3. The van der Waals surface area contributed by atoms with Gasteiger partial charge in [-0.2, -0.15) is 0 Å². The van der Waals surface area contributed by atoms with Gasteiger partial charge in [-0.3, -0.25) is 9.69 Å². The summed E-state index contributed by atoms with van der Waals surface area (Å²) in [6.45, 7) is 2.26. The Hall–Kier alpha value is -1.39. The van der Waals surface area contributed by atoms with Crippen LogP contribution in [0.25, 0.3) is 0 Å². The maximum Gasteiger partial charge on any atom is 0.327 e. The van der Waals surface area contributed by atoms with E-state index in [2.05, 4.69) is 0 Å². The molecule has 0 aliphatic carbocycles. The van der Waals surface area contributed by atoms with Crippen molar-refractivity contribution in [3.8, 4) is 0 Å². The van der Waals surface area contributed by atoms with Crippen LogP contribution in [0, 0.1) is 0 Å². The van der Waals surface area contributed by atoms with Crippen LogP contribution in [0.3, 0.4) is 0 Å². The number of likely N-dealkylation sites (N-methyl/N-ethyl adjacent to an activating group) is 1. The molecular formula is C7H10N2O3. The highest BCUT2D eigenvalue weighted by molar-refractivity contribution is 6.03. The van der Waals surface area contributed by atoms with E-state index >= 15 is 0 Å². The van der Waals surface area contributed by atoms with Gasteiger partial charge in [0, 0.05) is 6.54 Å². The van der Waals surface area contributed by atoms with Crippen LogP contribution >= 0.6 is 0 Å². The standard InChI is InChI=1S/C7H10N2O3/c1-2-8-5-6(11)9(3-4-10)7(8)12/h4H,2-3,5H2,1H3. The lowest BCUT2D eigenvalue weighted by Gasteiger charge is -2.12. The zero-order valence-electron chi connectivity index (χ0n) is 6.82. The number of hydrogen-bond acceptors (Lipinski definition) is 3. The van der Waals surface area contributed by atoms with Crippen molar-refractivity contribution in [3.05, 3.63) is 0 Å². The fraction of sp³-hybridized carbons (Fsp3) is 0.571. The lowest BCUT2D eigenvalue weighted by Crippen LogP contribution is -2.34. The Morgan fingerprint density at radius 1 is 1.50 bits per heavy atom. The second-order valence-corrected chi connectivity index (χ2v) is 2.47. The summed E-state index contributed by atoms with van der Waals surface area (Å²) >= 11 is 0. The summed E-state index contributed by atoms with van der Waals surface area (Å²) in [6, 6.07) is -0.366. The zero-order chi connectivity index (χ0) is 9.14. The van der Waals surface area contributed by atoms with E-state index < -0.39 is 0 Å². The Balaban J connectivity index is 2.70.